The van der Waals surface area contributed by atoms with E-state index in [1.54, 1.807) is 18.2 Å². The topological polar surface area (TPSA) is 55.1 Å². The van der Waals surface area contributed by atoms with Gasteiger partial charge in [-0.05, 0) is 52.9 Å². The first-order valence-electron chi connectivity index (χ1n) is 5.58. The van der Waals surface area contributed by atoms with Crippen LogP contribution >= 0.6 is 27.5 Å². The van der Waals surface area contributed by atoms with Crippen LogP contribution in [0, 0.1) is 5.92 Å². The van der Waals surface area contributed by atoms with Crippen molar-refractivity contribution in [2.24, 2.45) is 11.7 Å². The highest BCUT2D eigenvalue weighted by molar-refractivity contribution is 9.10. The maximum Gasteiger partial charge on any atom is 0.251 e. The Labute approximate surface area is 114 Å². The molecule has 17 heavy (non-hydrogen) atoms. The Morgan fingerprint density at radius 3 is 2.82 bits per heavy atom. The third-order valence-corrected chi connectivity index (χ3v) is 4.18. The number of nitrogens with one attached hydrogen (secondary N) is 1. The number of carbonyl (C=O) groups excluding carboxylic acids is 1. The summed E-state index contributed by atoms with van der Waals surface area (Å²) < 4.78 is 0.785. The van der Waals surface area contributed by atoms with Crippen molar-refractivity contribution in [3.05, 3.63) is 33.3 Å². The van der Waals surface area contributed by atoms with Crippen molar-refractivity contribution in [1.29, 1.82) is 0 Å². The Kier molecular flexibility index (Phi) is 4.07. The summed E-state index contributed by atoms with van der Waals surface area (Å²) in [5, 5.41) is 3.49. The SMILES string of the molecule is NCC(NC(=O)c1ccc(Br)c(Cl)c1)C1CC1. The molecule has 0 radical (unpaired) electrons. The van der Waals surface area contributed by atoms with Crippen molar-refractivity contribution in [1.82, 2.24) is 5.32 Å². The molecule has 1 aromatic rings. The maximum absolute atomic E-state index is 12.0. The monoisotopic (exact) mass is 316 g/mol. The average Bonchev–Trinajstić information content (AvgIpc) is 3.13. The van der Waals surface area contributed by atoms with Crippen LogP contribution in [0.3, 0.4) is 0 Å². The van der Waals surface area contributed by atoms with Crippen LogP contribution in [0.1, 0.15) is 23.2 Å². The van der Waals surface area contributed by atoms with Gasteiger partial charge in [0.15, 0.2) is 0 Å². The normalized spacial score (nSPS) is 16.6. The molecular formula is C12H14BrClN2O. The van der Waals surface area contributed by atoms with Gasteiger partial charge in [0, 0.05) is 22.6 Å². The third-order valence-electron chi connectivity index (χ3n) is 2.94. The molecular weight excluding hydrogens is 304 g/mol. The molecule has 1 atom stereocenters. The first-order chi connectivity index (χ1) is 8.11. The quantitative estimate of drug-likeness (QED) is 0.897. The molecule has 0 saturated heterocycles. The van der Waals surface area contributed by atoms with Gasteiger partial charge in [-0.3, -0.25) is 4.79 Å². The van der Waals surface area contributed by atoms with Gasteiger partial charge >= 0.3 is 0 Å². The van der Waals surface area contributed by atoms with Crippen LogP contribution in [0.4, 0.5) is 0 Å². The van der Waals surface area contributed by atoms with Gasteiger partial charge in [0.25, 0.3) is 5.91 Å². The van der Waals surface area contributed by atoms with E-state index in [2.05, 4.69) is 21.2 Å². The molecule has 2 rings (SSSR count). The smallest absolute Gasteiger partial charge is 0.251 e. The minimum Gasteiger partial charge on any atom is -0.348 e. The lowest BCUT2D eigenvalue weighted by molar-refractivity contribution is 0.0933. The lowest BCUT2D eigenvalue weighted by atomic mass is 10.1. The summed E-state index contributed by atoms with van der Waals surface area (Å²) in [6, 6.07) is 5.25. The summed E-state index contributed by atoms with van der Waals surface area (Å²) in [4.78, 5) is 12.0. The van der Waals surface area contributed by atoms with E-state index in [0.29, 0.717) is 23.0 Å². The highest BCUT2D eigenvalue weighted by atomic mass is 79.9. The van der Waals surface area contributed by atoms with E-state index in [-0.39, 0.29) is 11.9 Å². The number of carbonyl (C=O) groups is 1. The number of hydrogen-bond acceptors (Lipinski definition) is 2. The minimum absolute atomic E-state index is 0.0879. The van der Waals surface area contributed by atoms with E-state index in [1.807, 2.05) is 0 Å². The van der Waals surface area contributed by atoms with E-state index < -0.39 is 0 Å². The lowest BCUT2D eigenvalue weighted by Gasteiger charge is -2.16. The standard InChI is InChI=1S/C12H14BrClN2O/c13-9-4-3-8(5-10(9)14)12(17)16-11(6-15)7-1-2-7/h3-5,7,11H,1-2,6,15H2,(H,16,17). The van der Waals surface area contributed by atoms with Crippen molar-refractivity contribution < 1.29 is 4.79 Å². The third kappa shape index (κ3) is 3.21. The first-order valence-corrected chi connectivity index (χ1v) is 6.75. The molecule has 5 heteroatoms. The summed E-state index contributed by atoms with van der Waals surface area (Å²) in [6.07, 6.45) is 2.31. The fourth-order valence-electron chi connectivity index (χ4n) is 1.76. The fraction of sp³-hybridized carbons (Fsp3) is 0.417. The summed E-state index contributed by atoms with van der Waals surface area (Å²) in [6.45, 7) is 0.487. The highest BCUT2D eigenvalue weighted by Gasteiger charge is 2.31. The maximum atomic E-state index is 12.0. The molecule has 1 unspecified atom stereocenters. The van der Waals surface area contributed by atoms with E-state index in [1.165, 1.54) is 0 Å². The van der Waals surface area contributed by atoms with Gasteiger partial charge in [0.1, 0.15) is 0 Å². The predicted molar refractivity (Wildman–Crippen MR) is 72.2 cm³/mol. The molecule has 1 aromatic carbocycles. The predicted octanol–water partition coefficient (Wildman–Crippen LogP) is 2.57. The molecule has 3 N–H and O–H groups in total. The van der Waals surface area contributed by atoms with E-state index in [0.717, 1.165) is 17.3 Å². The van der Waals surface area contributed by atoms with Crippen LogP contribution in [-0.2, 0) is 0 Å². The molecule has 92 valence electrons. The van der Waals surface area contributed by atoms with Crippen LogP contribution in [0.2, 0.25) is 5.02 Å². The average molecular weight is 318 g/mol. The lowest BCUT2D eigenvalue weighted by Crippen LogP contribution is -2.41. The molecule has 0 aliphatic heterocycles. The van der Waals surface area contributed by atoms with Crippen molar-refractivity contribution in [2.45, 2.75) is 18.9 Å². The minimum atomic E-state index is -0.109. The summed E-state index contributed by atoms with van der Waals surface area (Å²) in [7, 11) is 0. The molecule has 0 heterocycles. The van der Waals surface area contributed by atoms with Gasteiger partial charge in [-0.25, -0.2) is 0 Å². The molecule has 0 bridgehead atoms. The van der Waals surface area contributed by atoms with Gasteiger partial charge in [-0.2, -0.15) is 0 Å². The largest absolute Gasteiger partial charge is 0.348 e. The van der Waals surface area contributed by atoms with Crippen LogP contribution in [0.5, 0.6) is 0 Å². The second kappa shape index (κ2) is 5.38. The Morgan fingerprint density at radius 2 is 2.29 bits per heavy atom. The number of halogens is 2. The molecule has 1 aliphatic rings. The second-order valence-electron chi connectivity index (χ2n) is 4.28. The van der Waals surface area contributed by atoms with Gasteiger partial charge in [-0.15, -0.1) is 0 Å². The zero-order chi connectivity index (χ0) is 12.4. The molecule has 0 spiro atoms. The number of nitrogens with two attached hydrogens (primary N) is 1. The molecule has 1 aliphatic carbocycles. The molecule has 1 saturated carbocycles. The second-order valence-corrected chi connectivity index (χ2v) is 5.54. The van der Waals surface area contributed by atoms with Crippen molar-refractivity contribution >= 4 is 33.4 Å². The van der Waals surface area contributed by atoms with Crippen LogP contribution in [0.25, 0.3) is 0 Å². The van der Waals surface area contributed by atoms with Gasteiger partial charge < -0.3 is 11.1 Å². The Balaban J connectivity index is 2.05. The summed E-state index contributed by atoms with van der Waals surface area (Å²) in [5.74, 6) is 0.441. The Morgan fingerprint density at radius 1 is 1.59 bits per heavy atom. The molecule has 1 fully saturated rings. The zero-order valence-corrected chi connectivity index (χ0v) is 11.6. The van der Waals surface area contributed by atoms with Crippen molar-refractivity contribution in [3.8, 4) is 0 Å². The number of benzene rings is 1. The fourth-order valence-corrected chi connectivity index (χ4v) is 2.18. The van der Waals surface area contributed by atoms with Gasteiger partial charge in [0.2, 0.25) is 0 Å². The molecule has 3 nitrogen and oxygen atoms in total. The van der Waals surface area contributed by atoms with Gasteiger partial charge in [0.05, 0.1) is 5.02 Å². The highest BCUT2D eigenvalue weighted by Crippen LogP contribution is 2.32. The number of hydrogen-bond donors (Lipinski definition) is 2. The summed E-state index contributed by atoms with van der Waals surface area (Å²) in [5.41, 5.74) is 6.21. The van der Waals surface area contributed by atoms with Crippen molar-refractivity contribution in [2.75, 3.05) is 6.54 Å². The van der Waals surface area contributed by atoms with Crippen LogP contribution in [0.15, 0.2) is 22.7 Å². The Hall–Kier alpha value is -0.580. The van der Waals surface area contributed by atoms with Crippen LogP contribution < -0.4 is 11.1 Å². The summed E-state index contributed by atoms with van der Waals surface area (Å²) >= 11 is 9.24. The number of rotatable bonds is 4. The van der Waals surface area contributed by atoms with E-state index >= 15 is 0 Å². The van der Waals surface area contributed by atoms with Crippen molar-refractivity contribution in [3.63, 3.8) is 0 Å². The van der Waals surface area contributed by atoms with Crippen LogP contribution in [-0.4, -0.2) is 18.5 Å². The van der Waals surface area contributed by atoms with E-state index in [4.69, 9.17) is 17.3 Å². The van der Waals surface area contributed by atoms with Gasteiger partial charge in [-0.1, -0.05) is 11.6 Å². The van der Waals surface area contributed by atoms with E-state index in [9.17, 15) is 4.79 Å². The zero-order valence-electron chi connectivity index (χ0n) is 9.25. The number of amides is 1. The first kappa shape index (κ1) is 12.9. The Bertz CT molecular complexity index is 435. The molecule has 0 aromatic heterocycles. The molecule has 1 amide bonds.